The van der Waals surface area contributed by atoms with Gasteiger partial charge in [0, 0.05) is 0 Å². The lowest BCUT2D eigenvalue weighted by atomic mass is 9.99. The maximum atomic E-state index is 12.9. The Balaban J connectivity index is 2.81. The largest absolute Gasteiger partial charge is 0.497 e. The molecule has 0 heterocycles. The number of rotatable bonds is 13. The van der Waals surface area contributed by atoms with Gasteiger partial charge in [0.2, 0.25) is 11.8 Å². The number of nitrogens with one attached hydrogen (secondary N) is 3. The Morgan fingerprint density at radius 1 is 0.933 bits per heavy atom. The summed E-state index contributed by atoms with van der Waals surface area (Å²) >= 11 is 0. The second-order valence-corrected chi connectivity index (χ2v) is 8.46. The van der Waals surface area contributed by atoms with Crippen LogP contribution in [0.2, 0.25) is 0 Å². The molecule has 0 radical (unpaired) electrons. The van der Waals surface area contributed by atoms with Crippen molar-refractivity contribution in [3.05, 3.63) is 29.8 Å². The number of ether oxygens (including phenoxy) is 1. The van der Waals surface area contributed by atoms with Crippen LogP contribution in [-0.4, -0.2) is 50.4 Å². The van der Waals surface area contributed by atoms with E-state index in [0.29, 0.717) is 25.2 Å². The molecule has 3 N–H and O–H groups in total. The zero-order valence-electron chi connectivity index (χ0n) is 19.0. The number of carbonyl (C=O) groups is 3. The van der Waals surface area contributed by atoms with E-state index < -0.39 is 12.1 Å². The van der Waals surface area contributed by atoms with Crippen LogP contribution in [0.4, 0.5) is 0 Å². The molecule has 0 aliphatic rings. The van der Waals surface area contributed by atoms with Crippen LogP contribution in [0.3, 0.4) is 0 Å². The Bertz CT molecular complexity index is 674. The quantitative estimate of drug-likeness (QED) is 0.426. The summed E-state index contributed by atoms with van der Waals surface area (Å²) in [6.45, 7) is 8.07. The third-order valence-electron chi connectivity index (χ3n) is 4.82. The van der Waals surface area contributed by atoms with Crippen molar-refractivity contribution in [1.29, 1.82) is 0 Å². The first-order valence-electron chi connectivity index (χ1n) is 10.6. The molecule has 1 rings (SSSR count). The molecule has 0 aromatic heterocycles. The third-order valence-corrected chi connectivity index (χ3v) is 4.82. The summed E-state index contributed by atoms with van der Waals surface area (Å²) < 4.78 is 5.14. The van der Waals surface area contributed by atoms with Crippen molar-refractivity contribution in [1.82, 2.24) is 16.0 Å². The van der Waals surface area contributed by atoms with Crippen molar-refractivity contribution >= 4 is 18.1 Å². The van der Waals surface area contributed by atoms with Crippen LogP contribution in [0.15, 0.2) is 24.3 Å². The van der Waals surface area contributed by atoms with Gasteiger partial charge in [-0.1, -0.05) is 39.8 Å². The highest BCUT2D eigenvalue weighted by Crippen LogP contribution is 2.13. The lowest BCUT2D eigenvalue weighted by Gasteiger charge is -2.25. The van der Waals surface area contributed by atoms with Gasteiger partial charge in [-0.2, -0.15) is 0 Å². The summed E-state index contributed by atoms with van der Waals surface area (Å²) in [5.41, 5.74) is 0.907. The highest BCUT2D eigenvalue weighted by atomic mass is 16.5. The molecular formula is C23H37N3O4. The molecule has 7 heteroatoms. The van der Waals surface area contributed by atoms with Gasteiger partial charge in [0.1, 0.15) is 18.1 Å². The normalized spacial score (nSPS) is 14.1. The minimum Gasteiger partial charge on any atom is -0.497 e. The van der Waals surface area contributed by atoms with Gasteiger partial charge in [-0.15, -0.1) is 0 Å². The second kappa shape index (κ2) is 13.0. The minimum atomic E-state index is -0.696. The number of hydrogen-bond acceptors (Lipinski definition) is 5. The fraction of sp³-hybridized carbons (Fsp3) is 0.609. The number of aldehydes is 1. The summed E-state index contributed by atoms with van der Waals surface area (Å²) in [5, 5.41) is 8.66. The molecule has 0 spiro atoms. The van der Waals surface area contributed by atoms with Gasteiger partial charge >= 0.3 is 0 Å². The molecule has 30 heavy (non-hydrogen) atoms. The average molecular weight is 420 g/mol. The number of methoxy groups -OCH3 is 1. The average Bonchev–Trinajstić information content (AvgIpc) is 2.70. The van der Waals surface area contributed by atoms with Crippen LogP contribution in [-0.2, 0) is 20.8 Å². The lowest BCUT2D eigenvalue weighted by molar-refractivity contribution is -0.131. The fourth-order valence-corrected chi connectivity index (χ4v) is 3.23. The molecule has 0 saturated carbocycles. The Kier molecular flexibility index (Phi) is 11.1. The van der Waals surface area contributed by atoms with Crippen LogP contribution >= 0.6 is 0 Å². The topological polar surface area (TPSA) is 96.5 Å². The monoisotopic (exact) mass is 419 g/mol. The van der Waals surface area contributed by atoms with E-state index in [4.69, 9.17) is 4.74 Å². The highest BCUT2D eigenvalue weighted by Gasteiger charge is 2.27. The number of carbonyl (C=O) groups excluding carboxylic acids is 3. The molecular weight excluding hydrogens is 382 g/mol. The van der Waals surface area contributed by atoms with Gasteiger partial charge in [0.25, 0.3) is 0 Å². The predicted octanol–water partition coefficient (Wildman–Crippen LogP) is 2.09. The Hall–Kier alpha value is -2.41. The van der Waals surface area contributed by atoms with Crippen molar-refractivity contribution in [2.24, 2.45) is 11.8 Å². The lowest BCUT2D eigenvalue weighted by Crippen LogP contribution is -2.54. The molecule has 0 fully saturated rings. The van der Waals surface area contributed by atoms with Crippen molar-refractivity contribution in [2.75, 3.05) is 14.2 Å². The van der Waals surface area contributed by atoms with Crippen molar-refractivity contribution < 1.29 is 19.1 Å². The van der Waals surface area contributed by atoms with Crippen LogP contribution in [0.1, 0.15) is 46.1 Å². The first kappa shape index (κ1) is 25.6. The van der Waals surface area contributed by atoms with Crippen molar-refractivity contribution in [2.45, 2.75) is 65.1 Å². The summed E-state index contributed by atoms with van der Waals surface area (Å²) in [6, 6.07) is 5.61. The molecule has 0 aliphatic heterocycles. The molecule has 0 saturated heterocycles. The molecule has 168 valence electrons. The number of amides is 2. The number of hydrogen-bond donors (Lipinski definition) is 3. The van der Waals surface area contributed by atoms with Gasteiger partial charge in [-0.3, -0.25) is 9.59 Å². The molecule has 7 nitrogen and oxygen atoms in total. The van der Waals surface area contributed by atoms with Gasteiger partial charge in [-0.05, 0) is 55.8 Å². The SMILES string of the molecule is CN[C@@H](CC(C)C)C(=O)N[C@@H](CC(C)C)C(=O)NC(C=O)Cc1ccc(OC)cc1. The van der Waals surface area contributed by atoms with Gasteiger partial charge < -0.3 is 25.5 Å². The van der Waals surface area contributed by atoms with E-state index in [1.54, 1.807) is 14.2 Å². The van der Waals surface area contributed by atoms with Crippen LogP contribution < -0.4 is 20.7 Å². The first-order chi connectivity index (χ1) is 14.2. The van der Waals surface area contributed by atoms with Gasteiger partial charge in [-0.25, -0.2) is 0 Å². The van der Waals surface area contributed by atoms with E-state index in [9.17, 15) is 14.4 Å². The van der Waals surface area contributed by atoms with E-state index in [0.717, 1.165) is 17.6 Å². The van der Waals surface area contributed by atoms with E-state index in [-0.39, 0.29) is 23.8 Å². The zero-order chi connectivity index (χ0) is 22.7. The van der Waals surface area contributed by atoms with E-state index in [1.807, 2.05) is 52.0 Å². The summed E-state index contributed by atoms with van der Waals surface area (Å²) in [7, 11) is 3.33. The summed E-state index contributed by atoms with van der Waals surface area (Å²) in [4.78, 5) is 37.1. The number of benzene rings is 1. The molecule has 0 aliphatic carbocycles. The Morgan fingerprint density at radius 2 is 1.47 bits per heavy atom. The Labute approximate surface area is 180 Å². The fourth-order valence-electron chi connectivity index (χ4n) is 3.23. The predicted molar refractivity (Wildman–Crippen MR) is 118 cm³/mol. The number of likely N-dealkylation sites (N-methyl/N-ethyl adjacent to an activating group) is 1. The standard InChI is InChI=1S/C23H37N3O4/c1-15(2)11-20(24-5)22(28)26-21(12-16(3)4)23(29)25-18(14-27)13-17-7-9-19(30-6)10-8-17/h7-10,14-16,18,20-21,24H,11-13H2,1-6H3,(H,25,29)(H,26,28)/t18?,20-,21-/m0/s1. The van der Waals surface area contributed by atoms with Gasteiger partial charge in [0.15, 0.2) is 0 Å². The molecule has 0 bridgehead atoms. The van der Waals surface area contributed by atoms with E-state index in [2.05, 4.69) is 16.0 Å². The van der Waals surface area contributed by atoms with E-state index in [1.165, 1.54) is 0 Å². The highest BCUT2D eigenvalue weighted by molar-refractivity contribution is 5.90. The molecule has 1 aromatic carbocycles. The van der Waals surface area contributed by atoms with Crippen LogP contribution in [0.25, 0.3) is 0 Å². The minimum absolute atomic E-state index is 0.204. The van der Waals surface area contributed by atoms with Crippen molar-refractivity contribution in [3.8, 4) is 5.75 Å². The zero-order valence-corrected chi connectivity index (χ0v) is 19.0. The molecule has 3 atom stereocenters. The smallest absolute Gasteiger partial charge is 0.243 e. The molecule has 2 amide bonds. The summed E-state index contributed by atoms with van der Waals surface area (Å²) in [6.07, 6.45) is 2.26. The van der Waals surface area contributed by atoms with Gasteiger partial charge in [0.05, 0.1) is 19.2 Å². The second-order valence-electron chi connectivity index (χ2n) is 8.46. The first-order valence-corrected chi connectivity index (χ1v) is 10.6. The van der Waals surface area contributed by atoms with Crippen LogP contribution in [0.5, 0.6) is 5.75 Å². The van der Waals surface area contributed by atoms with Crippen LogP contribution in [0, 0.1) is 11.8 Å². The van der Waals surface area contributed by atoms with E-state index >= 15 is 0 Å². The van der Waals surface area contributed by atoms with Crippen molar-refractivity contribution in [3.63, 3.8) is 0 Å². The third kappa shape index (κ3) is 8.95. The maximum absolute atomic E-state index is 12.9. The Morgan fingerprint density at radius 3 is 1.93 bits per heavy atom. The molecule has 1 unspecified atom stereocenters. The molecule has 1 aromatic rings. The summed E-state index contributed by atoms with van der Waals surface area (Å²) in [5.74, 6) is 0.725. The maximum Gasteiger partial charge on any atom is 0.243 e.